The topological polar surface area (TPSA) is 77.5 Å². The van der Waals surface area contributed by atoms with E-state index in [1.54, 1.807) is 4.72 Å². The Hall–Kier alpha value is -1.17. The smallest absolute Gasteiger partial charge is 0.399 e. The minimum Gasteiger partial charge on any atom is -0.399 e. The average molecular weight is 450 g/mol. The van der Waals surface area contributed by atoms with E-state index >= 15 is 0 Å². The highest BCUT2D eigenvalue weighted by molar-refractivity contribution is 7.89. The lowest BCUT2D eigenvalue weighted by atomic mass is 9.75. The molecule has 0 aromatic carbocycles. The second-order valence-electron chi connectivity index (χ2n) is 8.13. The zero-order chi connectivity index (χ0) is 23.0. The SMILES string of the molecule is CCC1(CC)OB(c2ccc(S(=O)(=O)NC(C)(C)C(F)(F)F)nc2)OC1(CC)CC. The standard InChI is InChI=1S/C19H30BF3N2O4S/c1-7-17(8-2)18(9-3,10-4)29-20(28-17)14-11-12-15(24-13-14)30(26,27)25-16(5,6)19(21,22)23/h11-13,25H,7-10H2,1-6H3. The summed E-state index contributed by atoms with van der Waals surface area (Å²) in [5.74, 6) is 0. The maximum atomic E-state index is 13.0. The summed E-state index contributed by atoms with van der Waals surface area (Å²) in [6.45, 7) is 9.66. The van der Waals surface area contributed by atoms with E-state index in [1.807, 2.05) is 27.7 Å². The van der Waals surface area contributed by atoms with Crippen LogP contribution in [0.3, 0.4) is 0 Å². The zero-order valence-corrected chi connectivity index (χ0v) is 19.1. The van der Waals surface area contributed by atoms with Gasteiger partial charge < -0.3 is 9.31 Å². The second kappa shape index (κ2) is 8.40. The molecule has 1 N–H and O–H groups in total. The summed E-state index contributed by atoms with van der Waals surface area (Å²) in [7, 11) is -5.20. The van der Waals surface area contributed by atoms with Crippen molar-refractivity contribution in [1.82, 2.24) is 9.71 Å². The van der Waals surface area contributed by atoms with E-state index in [0.29, 0.717) is 5.46 Å². The summed E-state index contributed by atoms with van der Waals surface area (Å²) in [5.41, 5.74) is -3.08. The molecule has 170 valence electrons. The van der Waals surface area contributed by atoms with Gasteiger partial charge in [-0.2, -0.15) is 17.9 Å². The first-order chi connectivity index (χ1) is 13.7. The molecule has 0 amide bonds. The minimum absolute atomic E-state index is 0.482. The zero-order valence-electron chi connectivity index (χ0n) is 18.3. The number of sulfonamides is 1. The average Bonchev–Trinajstić information content (AvgIpc) is 3.02. The fourth-order valence-electron chi connectivity index (χ4n) is 4.04. The van der Waals surface area contributed by atoms with Crippen LogP contribution in [0.15, 0.2) is 23.4 Å². The highest BCUT2D eigenvalue weighted by Gasteiger charge is 2.58. The van der Waals surface area contributed by atoms with Gasteiger partial charge in [0, 0.05) is 11.7 Å². The van der Waals surface area contributed by atoms with E-state index in [4.69, 9.17) is 9.31 Å². The van der Waals surface area contributed by atoms with Gasteiger partial charge in [0.15, 0.2) is 5.03 Å². The Morgan fingerprint density at radius 1 is 1.00 bits per heavy atom. The van der Waals surface area contributed by atoms with Gasteiger partial charge in [-0.1, -0.05) is 33.8 Å². The van der Waals surface area contributed by atoms with Crippen LogP contribution in [0.2, 0.25) is 0 Å². The monoisotopic (exact) mass is 450 g/mol. The predicted octanol–water partition coefficient (Wildman–Crippen LogP) is 3.56. The molecular formula is C19H30BF3N2O4S. The Morgan fingerprint density at radius 3 is 1.80 bits per heavy atom. The molecule has 2 rings (SSSR count). The number of nitrogens with one attached hydrogen (secondary N) is 1. The van der Waals surface area contributed by atoms with Crippen molar-refractivity contribution < 1.29 is 30.9 Å². The molecule has 6 nitrogen and oxygen atoms in total. The quantitative estimate of drug-likeness (QED) is 0.613. The maximum Gasteiger partial charge on any atom is 0.496 e. The van der Waals surface area contributed by atoms with Crippen molar-refractivity contribution in [2.45, 2.75) is 95.2 Å². The summed E-state index contributed by atoms with van der Waals surface area (Å²) in [6, 6.07) is 2.62. The number of aromatic nitrogens is 1. The summed E-state index contributed by atoms with van der Waals surface area (Å²) >= 11 is 0. The molecule has 2 heterocycles. The molecule has 1 aromatic rings. The predicted molar refractivity (Wildman–Crippen MR) is 109 cm³/mol. The number of halogens is 3. The third-order valence-corrected chi connectivity index (χ3v) is 7.76. The van der Waals surface area contributed by atoms with Crippen molar-refractivity contribution in [3.05, 3.63) is 18.3 Å². The van der Waals surface area contributed by atoms with Gasteiger partial charge in [0.1, 0.15) is 5.54 Å². The summed E-state index contributed by atoms with van der Waals surface area (Å²) in [4.78, 5) is 3.88. The van der Waals surface area contributed by atoms with Gasteiger partial charge in [-0.25, -0.2) is 13.4 Å². The third kappa shape index (κ3) is 4.26. The Kier molecular flexibility index (Phi) is 7.03. The number of rotatable bonds is 8. The van der Waals surface area contributed by atoms with Crippen LogP contribution in [0.25, 0.3) is 0 Å². The first kappa shape index (κ1) is 25.1. The fraction of sp³-hybridized carbons (Fsp3) is 0.737. The van der Waals surface area contributed by atoms with Gasteiger partial charge >= 0.3 is 13.3 Å². The normalized spacial score (nSPS) is 19.3. The number of alkyl halides is 3. The molecule has 11 heteroatoms. The Balaban J connectivity index is 2.30. The van der Waals surface area contributed by atoms with Gasteiger partial charge in [-0.15, -0.1) is 0 Å². The van der Waals surface area contributed by atoms with Crippen LogP contribution in [-0.4, -0.2) is 43.4 Å². The van der Waals surface area contributed by atoms with Crippen molar-refractivity contribution in [3.8, 4) is 0 Å². The van der Waals surface area contributed by atoms with Crippen LogP contribution in [0, 0.1) is 0 Å². The van der Waals surface area contributed by atoms with Crippen molar-refractivity contribution in [1.29, 1.82) is 0 Å². The van der Waals surface area contributed by atoms with E-state index in [1.165, 1.54) is 12.3 Å². The Bertz CT molecular complexity index is 816. The van der Waals surface area contributed by atoms with Gasteiger partial charge in [0.05, 0.1) is 11.2 Å². The van der Waals surface area contributed by atoms with Gasteiger partial charge in [0.25, 0.3) is 10.0 Å². The highest BCUT2D eigenvalue weighted by Crippen LogP contribution is 2.46. The molecule has 1 saturated heterocycles. The highest BCUT2D eigenvalue weighted by atomic mass is 32.2. The minimum atomic E-state index is -4.75. The van der Waals surface area contributed by atoms with Crippen LogP contribution >= 0.6 is 0 Å². The molecule has 0 aliphatic carbocycles. The van der Waals surface area contributed by atoms with Crippen LogP contribution in [-0.2, 0) is 19.3 Å². The molecule has 1 aliphatic heterocycles. The Labute approximate surface area is 177 Å². The number of nitrogens with zero attached hydrogens (tertiary/aromatic N) is 1. The lowest BCUT2D eigenvalue weighted by Gasteiger charge is -2.42. The summed E-state index contributed by atoms with van der Waals surface area (Å²) < 4.78 is 78.2. The van der Waals surface area contributed by atoms with Crippen LogP contribution in [0.4, 0.5) is 13.2 Å². The third-order valence-electron chi connectivity index (χ3n) is 6.18. The van der Waals surface area contributed by atoms with Gasteiger partial charge in [-0.05, 0) is 45.6 Å². The maximum absolute atomic E-state index is 13.0. The molecule has 0 radical (unpaired) electrons. The van der Waals surface area contributed by atoms with E-state index in [-0.39, 0.29) is 0 Å². The number of pyridine rings is 1. The first-order valence-electron chi connectivity index (χ1n) is 10.2. The molecule has 1 aromatic heterocycles. The van der Waals surface area contributed by atoms with Crippen molar-refractivity contribution in [2.75, 3.05) is 0 Å². The molecule has 1 aliphatic rings. The molecule has 0 atom stereocenters. The van der Waals surface area contributed by atoms with Crippen LogP contribution in [0.1, 0.15) is 67.2 Å². The second-order valence-corrected chi connectivity index (χ2v) is 9.76. The van der Waals surface area contributed by atoms with Gasteiger partial charge in [0.2, 0.25) is 0 Å². The number of hydrogen-bond donors (Lipinski definition) is 1. The number of hydrogen-bond acceptors (Lipinski definition) is 5. The molecular weight excluding hydrogens is 420 g/mol. The van der Waals surface area contributed by atoms with E-state index in [0.717, 1.165) is 45.6 Å². The van der Waals surface area contributed by atoms with E-state index in [9.17, 15) is 21.6 Å². The molecule has 0 saturated carbocycles. The van der Waals surface area contributed by atoms with Crippen molar-refractivity contribution in [3.63, 3.8) is 0 Å². The molecule has 0 bridgehead atoms. The van der Waals surface area contributed by atoms with Crippen molar-refractivity contribution >= 4 is 22.6 Å². The van der Waals surface area contributed by atoms with Crippen LogP contribution < -0.4 is 10.2 Å². The first-order valence-corrected chi connectivity index (χ1v) is 11.6. The lowest BCUT2D eigenvalue weighted by molar-refractivity contribution is -0.180. The molecule has 1 fully saturated rings. The van der Waals surface area contributed by atoms with E-state index in [2.05, 4.69) is 4.98 Å². The fourth-order valence-corrected chi connectivity index (χ4v) is 5.37. The molecule has 0 unspecified atom stereocenters. The van der Waals surface area contributed by atoms with Gasteiger partial charge in [-0.3, -0.25) is 0 Å². The molecule has 30 heavy (non-hydrogen) atoms. The van der Waals surface area contributed by atoms with Crippen LogP contribution in [0.5, 0.6) is 0 Å². The molecule has 0 spiro atoms. The summed E-state index contributed by atoms with van der Waals surface area (Å²) in [6.07, 6.45) is -0.484. The summed E-state index contributed by atoms with van der Waals surface area (Å²) in [5, 5.41) is -0.504. The lowest BCUT2D eigenvalue weighted by Crippen LogP contribution is -2.54. The van der Waals surface area contributed by atoms with Crippen molar-refractivity contribution in [2.24, 2.45) is 0 Å². The Morgan fingerprint density at radius 2 is 1.47 bits per heavy atom. The largest absolute Gasteiger partial charge is 0.496 e. The van der Waals surface area contributed by atoms with E-state index < -0.39 is 45.1 Å².